The van der Waals surface area contributed by atoms with E-state index in [1.165, 1.54) is 7.11 Å². The van der Waals surface area contributed by atoms with Crippen LogP contribution in [0.5, 0.6) is 5.75 Å². The molecule has 7 nitrogen and oxygen atoms in total. The molecular formula is C21H18N2O5. The molecule has 0 spiro atoms. The van der Waals surface area contributed by atoms with Gasteiger partial charge in [-0.2, -0.15) is 0 Å². The van der Waals surface area contributed by atoms with Crippen molar-refractivity contribution in [2.45, 2.75) is 12.5 Å². The number of urea groups is 1. The number of hydrogen-bond acceptors (Lipinski definition) is 5. The number of fused-ring (bicyclic) bond motifs is 1. The number of benzene rings is 2. The number of carbonyl (C=O) groups is 3. The van der Waals surface area contributed by atoms with Gasteiger partial charge in [0.25, 0.3) is 5.91 Å². The fourth-order valence-electron chi connectivity index (χ4n) is 3.34. The molecule has 4 rings (SSSR count). The number of hydrogen-bond donors (Lipinski definition) is 1. The summed E-state index contributed by atoms with van der Waals surface area (Å²) in [6.07, 6.45) is 0. The summed E-state index contributed by atoms with van der Waals surface area (Å²) in [7, 11) is 1.46. The smallest absolute Gasteiger partial charge is 0.325 e. The van der Waals surface area contributed by atoms with Gasteiger partial charge in [0.1, 0.15) is 17.1 Å². The standard InChI is InChI=1S/C21H18N2O5/c1-21(18-11-13-7-3-5-9-16(13)28-18)19(25)23(20(26)22-21)12-15(24)14-8-4-6-10-17(14)27-2/h3-11H,12H2,1-2H3,(H,22,26)/t21-/m1/s1. The van der Waals surface area contributed by atoms with Crippen LogP contribution >= 0.6 is 0 Å². The number of para-hydroxylation sites is 2. The van der Waals surface area contributed by atoms with Crippen LogP contribution in [0.2, 0.25) is 0 Å². The third-order valence-corrected chi connectivity index (χ3v) is 4.90. The van der Waals surface area contributed by atoms with Gasteiger partial charge in [-0.25, -0.2) is 4.79 Å². The fourth-order valence-corrected chi connectivity index (χ4v) is 3.34. The summed E-state index contributed by atoms with van der Waals surface area (Å²) in [6, 6.07) is 15.1. The molecule has 28 heavy (non-hydrogen) atoms. The average Bonchev–Trinajstić information content (AvgIpc) is 3.24. The minimum absolute atomic E-state index is 0.308. The van der Waals surface area contributed by atoms with Crippen LogP contribution in [0.3, 0.4) is 0 Å². The van der Waals surface area contributed by atoms with Crippen molar-refractivity contribution >= 4 is 28.7 Å². The maximum absolute atomic E-state index is 13.0. The highest BCUT2D eigenvalue weighted by Crippen LogP contribution is 2.33. The SMILES string of the molecule is COc1ccccc1C(=O)CN1C(=O)N[C@](C)(c2cc3ccccc3o2)C1=O. The van der Waals surface area contributed by atoms with Gasteiger partial charge in [-0.1, -0.05) is 30.3 Å². The van der Waals surface area contributed by atoms with Crippen LogP contribution in [0.4, 0.5) is 4.79 Å². The van der Waals surface area contributed by atoms with Crippen molar-refractivity contribution < 1.29 is 23.5 Å². The summed E-state index contributed by atoms with van der Waals surface area (Å²) in [5.74, 6) is -0.228. The second-order valence-electron chi connectivity index (χ2n) is 6.72. The number of ether oxygens (including phenoxy) is 1. The van der Waals surface area contributed by atoms with Crippen molar-refractivity contribution in [3.05, 3.63) is 65.9 Å². The topological polar surface area (TPSA) is 88.8 Å². The quantitative estimate of drug-likeness (QED) is 0.544. The van der Waals surface area contributed by atoms with Gasteiger partial charge in [-0.05, 0) is 31.2 Å². The van der Waals surface area contributed by atoms with E-state index in [0.717, 1.165) is 10.3 Å². The lowest BCUT2D eigenvalue weighted by Gasteiger charge is -2.19. The lowest BCUT2D eigenvalue weighted by Crippen LogP contribution is -2.41. The van der Waals surface area contributed by atoms with Crippen molar-refractivity contribution in [2.24, 2.45) is 0 Å². The minimum atomic E-state index is -1.38. The number of amides is 3. The number of furan rings is 1. The Bertz CT molecular complexity index is 1070. The van der Waals surface area contributed by atoms with E-state index in [-0.39, 0.29) is 6.54 Å². The average molecular weight is 378 g/mol. The van der Waals surface area contributed by atoms with E-state index in [4.69, 9.17) is 9.15 Å². The molecule has 7 heteroatoms. The van der Waals surface area contributed by atoms with E-state index in [9.17, 15) is 14.4 Å². The van der Waals surface area contributed by atoms with Crippen molar-refractivity contribution in [1.82, 2.24) is 10.2 Å². The summed E-state index contributed by atoms with van der Waals surface area (Å²) in [6.45, 7) is 1.18. The zero-order chi connectivity index (χ0) is 19.9. The first-order valence-electron chi connectivity index (χ1n) is 8.73. The number of nitrogens with zero attached hydrogens (tertiary/aromatic N) is 1. The summed E-state index contributed by atoms with van der Waals surface area (Å²) < 4.78 is 11.0. The van der Waals surface area contributed by atoms with Crippen LogP contribution in [-0.4, -0.2) is 36.3 Å². The van der Waals surface area contributed by atoms with Gasteiger partial charge in [0.05, 0.1) is 19.2 Å². The number of methoxy groups -OCH3 is 1. The molecule has 1 fully saturated rings. The first kappa shape index (κ1) is 17.8. The zero-order valence-corrected chi connectivity index (χ0v) is 15.4. The molecule has 3 aromatic rings. The molecule has 1 aliphatic rings. The van der Waals surface area contributed by atoms with E-state index >= 15 is 0 Å². The first-order valence-corrected chi connectivity index (χ1v) is 8.73. The molecule has 3 amide bonds. The van der Waals surface area contributed by atoms with Gasteiger partial charge in [-0.3, -0.25) is 14.5 Å². The molecule has 0 bridgehead atoms. The van der Waals surface area contributed by atoms with Gasteiger partial charge < -0.3 is 14.5 Å². The molecule has 0 unspecified atom stereocenters. The normalized spacial score (nSPS) is 19.1. The van der Waals surface area contributed by atoms with Crippen LogP contribution < -0.4 is 10.1 Å². The van der Waals surface area contributed by atoms with E-state index in [0.29, 0.717) is 22.7 Å². The molecule has 1 saturated heterocycles. The van der Waals surface area contributed by atoms with Crippen LogP contribution in [0.25, 0.3) is 11.0 Å². The maximum Gasteiger partial charge on any atom is 0.325 e. The fraction of sp³-hybridized carbons (Fsp3) is 0.190. The van der Waals surface area contributed by atoms with Crippen LogP contribution in [-0.2, 0) is 10.3 Å². The van der Waals surface area contributed by atoms with Gasteiger partial charge >= 0.3 is 6.03 Å². The Morgan fingerprint density at radius 3 is 2.61 bits per heavy atom. The van der Waals surface area contributed by atoms with Crippen LogP contribution in [0.15, 0.2) is 59.0 Å². The molecule has 1 aromatic heterocycles. The van der Waals surface area contributed by atoms with Crippen molar-refractivity contribution in [2.75, 3.05) is 13.7 Å². The summed E-state index contributed by atoms with van der Waals surface area (Å²) in [5.41, 5.74) is -0.454. The third-order valence-electron chi connectivity index (χ3n) is 4.90. The molecule has 1 N–H and O–H groups in total. The Morgan fingerprint density at radius 2 is 1.86 bits per heavy atom. The monoisotopic (exact) mass is 378 g/mol. The second kappa shape index (κ2) is 6.53. The van der Waals surface area contributed by atoms with E-state index < -0.39 is 23.3 Å². The molecule has 2 heterocycles. The summed E-state index contributed by atoms with van der Waals surface area (Å²) in [5, 5.41) is 3.48. The maximum atomic E-state index is 13.0. The second-order valence-corrected chi connectivity index (χ2v) is 6.72. The molecule has 0 radical (unpaired) electrons. The van der Waals surface area contributed by atoms with Gasteiger partial charge in [0.15, 0.2) is 11.3 Å². The van der Waals surface area contributed by atoms with E-state index in [2.05, 4.69) is 5.32 Å². The highest BCUT2D eigenvalue weighted by atomic mass is 16.5. The lowest BCUT2D eigenvalue weighted by atomic mass is 9.98. The van der Waals surface area contributed by atoms with E-state index in [1.54, 1.807) is 43.3 Å². The number of imide groups is 1. The van der Waals surface area contributed by atoms with E-state index in [1.807, 2.05) is 18.2 Å². The van der Waals surface area contributed by atoms with Crippen LogP contribution in [0, 0.1) is 0 Å². The van der Waals surface area contributed by atoms with Crippen LogP contribution in [0.1, 0.15) is 23.0 Å². The Hall–Kier alpha value is -3.61. The highest BCUT2D eigenvalue weighted by Gasteiger charge is 2.51. The Balaban J connectivity index is 1.62. The summed E-state index contributed by atoms with van der Waals surface area (Å²) in [4.78, 5) is 39.1. The Morgan fingerprint density at radius 1 is 1.14 bits per heavy atom. The highest BCUT2D eigenvalue weighted by molar-refractivity contribution is 6.11. The molecule has 1 aliphatic heterocycles. The Labute approximate surface area is 160 Å². The third kappa shape index (κ3) is 2.72. The van der Waals surface area contributed by atoms with Gasteiger partial charge in [0.2, 0.25) is 0 Å². The zero-order valence-electron chi connectivity index (χ0n) is 15.4. The molecule has 1 atom stereocenters. The van der Waals surface area contributed by atoms with Crippen molar-refractivity contribution in [1.29, 1.82) is 0 Å². The lowest BCUT2D eigenvalue weighted by molar-refractivity contribution is -0.131. The molecular weight excluding hydrogens is 360 g/mol. The molecule has 0 saturated carbocycles. The number of nitrogens with one attached hydrogen (secondary N) is 1. The van der Waals surface area contributed by atoms with Gasteiger partial charge in [0, 0.05) is 5.39 Å². The molecule has 2 aromatic carbocycles. The van der Waals surface area contributed by atoms with Gasteiger partial charge in [-0.15, -0.1) is 0 Å². The number of rotatable bonds is 5. The first-order chi connectivity index (χ1) is 13.4. The summed E-state index contributed by atoms with van der Waals surface area (Å²) >= 11 is 0. The largest absolute Gasteiger partial charge is 0.496 e. The number of Topliss-reactive ketones (excluding diaryl/α,β-unsaturated/α-hetero) is 1. The minimum Gasteiger partial charge on any atom is -0.496 e. The molecule has 0 aliphatic carbocycles. The predicted octanol–water partition coefficient (Wildman–Crippen LogP) is 3.09. The van der Waals surface area contributed by atoms with Crippen molar-refractivity contribution in [3.8, 4) is 5.75 Å². The number of ketones is 1. The number of carbonyl (C=O) groups excluding carboxylic acids is 3. The Kier molecular flexibility index (Phi) is 4.15. The predicted molar refractivity (Wildman–Crippen MR) is 101 cm³/mol. The van der Waals surface area contributed by atoms with Crippen molar-refractivity contribution in [3.63, 3.8) is 0 Å². The molecule has 142 valence electrons.